The molecule has 1 aliphatic heterocycles. The number of carbonyl (C=O) groups is 1. The quantitative estimate of drug-likeness (QED) is 0.866. The first kappa shape index (κ1) is 15.5. The Balaban J connectivity index is 1.69. The number of hydrogen-bond acceptors (Lipinski definition) is 4. The van der Waals surface area contributed by atoms with Crippen LogP contribution in [0.5, 0.6) is 0 Å². The SMILES string of the molecule is Cc1ccc(NC(=O)N(N2CC3CCCC3C2)S(=O)[O-])cc1. The Morgan fingerprint density at radius 3 is 2.41 bits per heavy atom. The molecule has 1 saturated carbocycles. The largest absolute Gasteiger partial charge is 0.754 e. The average molecular weight is 322 g/mol. The van der Waals surface area contributed by atoms with Gasteiger partial charge in [-0.2, -0.15) is 4.41 Å². The van der Waals surface area contributed by atoms with Crippen molar-refractivity contribution in [2.24, 2.45) is 11.8 Å². The molecular weight excluding hydrogens is 302 g/mol. The van der Waals surface area contributed by atoms with E-state index in [-0.39, 0.29) is 0 Å². The van der Waals surface area contributed by atoms with Gasteiger partial charge in [0.15, 0.2) is 0 Å². The zero-order chi connectivity index (χ0) is 15.7. The van der Waals surface area contributed by atoms with Crippen molar-refractivity contribution in [2.45, 2.75) is 26.2 Å². The first-order valence-corrected chi connectivity index (χ1v) is 8.60. The van der Waals surface area contributed by atoms with Crippen LogP contribution in [0.4, 0.5) is 10.5 Å². The molecule has 3 unspecified atom stereocenters. The molecule has 3 rings (SSSR count). The Morgan fingerprint density at radius 1 is 1.27 bits per heavy atom. The summed E-state index contributed by atoms with van der Waals surface area (Å²) in [5, 5.41) is 4.30. The minimum Gasteiger partial charge on any atom is -0.754 e. The summed E-state index contributed by atoms with van der Waals surface area (Å²) in [6.45, 7) is 3.23. The number of carbonyl (C=O) groups excluding carboxylic acids is 1. The van der Waals surface area contributed by atoms with Gasteiger partial charge in [-0.3, -0.25) is 4.21 Å². The third kappa shape index (κ3) is 3.16. The van der Waals surface area contributed by atoms with Crippen molar-refractivity contribution < 1.29 is 13.6 Å². The number of nitrogens with zero attached hydrogens (tertiary/aromatic N) is 2. The molecule has 1 aliphatic carbocycles. The summed E-state index contributed by atoms with van der Waals surface area (Å²) < 4.78 is 23.9. The number of amides is 2. The lowest BCUT2D eigenvalue weighted by atomic mass is 10.0. The molecule has 6 nitrogen and oxygen atoms in total. The maximum atomic E-state index is 12.3. The molecule has 2 fully saturated rings. The van der Waals surface area contributed by atoms with Crippen molar-refractivity contribution in [1.29, 1.82) is 0 Å². The summed E-state index contributed by atoms with van der Waals surface area (Å²) in [5.41, 5.74) is 1.67. The average Bonchev–Trinajstić information content (AvgIpc) is 3.02. The summed E-state index contributed by atoms with van der Waals surface area (Å²) in [6.07, 6.45) is 3.46. The van der Waals surface area contributed by atoms with Crippen LogP contribution < -0.4 is 5.32 Å². The lowest BCUT2D eigenvalue weighted by Crippen LogP contribution is -2.48. The molecule has 3 atom stereocenters. The molecule has 0 aromatic heterocycles. The maximum Gasteiger partial charge on any atom is 0.348 e. The van der Waals surface area contributed by atoms with Crippen LogP contribution in [0.2, 0.25) is 0 Å². The van der Waals surface area contributed by atoms with E-state index in [9.17, 15) is 13.6 Å². The summed E-state index contributed by atoms with van der Waals surface area (Å²) in [7, 11) is 0. The molecule has 1 N–H and O–H groups in total. The van der Waals surface area contributed by atoms with E-state index < -0.39 is 17.3 Å². The molecule has 22 heavy (non-hydrogen) atoms. The van der Waals surface area contributed by atoms with Gasteiger partial charge < -0.3 is 9.87 Å². The Hall–Kier alpha value is -1.44. The van der Waals surface area contributed by atoms with Crippen LogP contribution in [0.15, 0.2) is 24.3 Å². The Morgan fingerprint density at radius 2 is 1.86 bits per heavy atom. The number of nitrogens with one attached hydrogen (secondary N) is 1. The standard InChI is InChI=1S/C15H21N3O3S/c1-11-5-7-14(8-6-11)16-15(19)18(22(20)21)17-9-12-3-2-4-13(12)10-17/h5-8,12-13H,2-4,9-10H2,1H3,(H,16,19)(H,20,21)/p-1. The zero-order valence-electron chi connectivity index (χ0n) is 12.5. The second-order valence-electron chi connectivity index (χ2n) is 6.11. The van der Waals surface area contributed by atoms with Gasteiger partial charge in [0.1, 0.15) is 0 Å². The Bertz CT molecular complexity index is 566. The molecular formula is C15H20N3O3S-. The van der Waals surface area contributed by atoms with E-state index in [1.807, 2.05) is 19.1 Å². The van der Waals surface area contributed by atoms with Gasteiger partial charge in [0.05, 0.1) is 11.3 Å². The van der Waals surface area contributed by atoms with Gasteiger partial charge in [0.2, 0.25) is 0 Å². The maximum absolute atomic E-state index is 12.3. The number of fused-ring (bicyclic) bond motifs is 1. The Labute approximate surface area is 132 Å². The summed E-state index contributed by atoms with van der Waals surface area (Å²) in [4.78, 5) is 12.3. The molecule has 1 saturated heterocycles. The minimum atomic E-state index is -2.61. The van der Waals surface area contributed by atoms with Gasteiger partial charge in [-0.05, 0) is 43.7 Å². The number of urea groups is 1. The highest BCUT2D eigenvalue weighted by Crippen LogP contribution is 2.38. The van der Waals surface area contributed by atoms with Gasteiger partial charge in [0.25, 0.3) is 0 Å². The molecule has 2 aliphatic rings. The lowest BCUT2D eigenvalue weighted by molar-refractivity contribution is 0.107. The first-order chi connectivity index (χ1) is 10.5. The lowest BCUT2D eigenvalue weighted by Gasteiger charge is -2.32. The van der Waals surface area contributed by atoms with Crippen LogP contribution in [-0.4, -0.2) is 37.3 Å². The van der Waals surface area contributed by atoms with Gasteiger partial charge in [-0.1, -0.05) is 24.1 Å². The second kappa shape index (κ2) is 6.36. The monoisotopic (exact) mass is 322 g/mol. The zero-order valence-corrected chi connectivity index (χ0v) is 13.3. The number of hydrogen-bond donors (Lipinski definition) is 1. The van der Waals surface area contributed by atoms with Crippen LogP contribution in [-0.2, 0) is 11.3 Å². The first-order valence-electron chi connectivity index (χ1n) is 7.56. The fourth-order valence-corrected chi connectivity index (χ4v) is 3.96. The van der Waals surface area contributed by atoms with E-state index in [0.29, 0.717) is 30.6 Å². The fourth-order valence-electron chi connectivity index (χ4n) is 3.46. The van der Waals surface area contributed by atoms with Gasteiger partial charge in [-0.15, -0.1) is 0 Å². The van der Waals surface area contributed by atoms with Crippen LogP contribution in [0.1, 0.15) is 24.8 Å². The van der Waals surface area contributed by atoms with Crippen LogP contribution in [0.3, 0.4) is 0 Å². The molecule has 2 amide bonds. The van der Waals surface area contributed by atoms with Crippen molar-refractivity contribution in [2.75, 3.05) is 18.4 Å². The molecule has 7 heteroatoms. The molecule has 0 radical (unpaired) electrons. The highest BCUT2D eigenvalue weighted by Gasteiger charge is 2.40. The van der Waals surface area contributed by atoms with E-state index >= 15 is 0 Å². The van der Waals surface area contributed by atoms with Crippen molar-refractivity contribution in [3.8, 4) is 0 Å². The summed E-state index contributed by atoms with van der Waals surface area (Å²) in [6, 6.07) is 6.63. The number of benzene rings is 1. The number of anilines is 1. The number of aryl methyl sites for hydroxylation is 1. The van der Waals surface area contributed by atoms with Crippen molar-refractivity contribution in [1.82, 2.24) is 9.42 Å². The van der Waals surface area contributed by atoms with Gasteiger partial charge in [-0.25, -0.2) is 9.80 Å². The normalized spacial score (nSPS) is 25.7. The molecule has 0 spiro atoms. The smallest absolute Gasteiger partial charge is 0.348 e. The summed E-state index contributed by atoms with van der Waals surface area (Å²) >= 11 is -2.61. The number of hydrazine groups is 1. The van der Waals surface area contributed by atoms with E-state index in [1.165, 1.54) is 6.42 Å². The summed E-state index contributed by atoms with van der Waals surface area (Å²) in [5.74, 6) is 1.02. The van der Waals surface area contributed by atoms with E-state index in [1.54, 1.807) is 17.1 Å². The highest BCUT2D eigenvalue weighted by atomic mass is 32.2. The third-order valence-electron chi connectivity index (χ3n) is 4.58. The second-order valence-corrected chi connectivity index (χ2v) is 6.89. The predicted octanol–water partition coefficient (Wildman–Crippen LogP) is 2.27. The molecule has 1 heterocycles. The molecule has 1 aromatic carbocycles. The van der Waals surface area contributed by atoms with Crippen molar-refractivity contribution >= 4 is 23.0 Å². The molecule has 1 aromatic rings. The van der Waals surface area contributed by atoms with Gasteiger partial charge >= 0.3 is 6.03 Å². The third-order valence-corrected chi connectivity index (χ3v) is 5.26. The molecule has 0 bridgehead atoms. The highest BCUT2D eigenvalue weighted by molar-refractivity contribution is 7.77. The topological polar surface area (TPSA) is 75.7 Å². The Kier molecular flexibility index (Phi) is 4.46. The predicted molar refractivity (Wildman–Crippen MR) is 83.4 cm³/mol. The number of rotatable bonds is 3. The minimum absolute atomic E-state index is 0.512. The van der Waals surface area contributed by atoms with E-state index in [2.05, 4.69) is 5.32 Å². The van der Waals surface area contributed by atoms with E-state index in [0.717, 1.165) is 22.8 Å². The van der Waals surface area contributed by atoms with Crippen molar-refractivity contribution in [3.05, 3.63) is 29.8 Å². The molecule has 120 valence electrons. The van der Waals surface area contributed by atoms with E-state index in [4.69, 9.17) is 0 Å². The fraction of sp³-hybridized carbons (Fsp3) is 0.533. The van der Waals surface area contributed by atoms with Gasteiger partial charge in [0, 0.05) is 18.8 Å². The van der Waals surface area contributed by atoms with Crippen LogP contribution >= 0.6 is 0 Å². The van der Waals surface area contributed by atoms with Crippen molar-refractivity contribution in [3.63, 3.8) is 0 Å². The van der Waals surface area contributed by atoms with Crippen LogP contribution in [0.25, 0.3) is 0 Å². The van der Waals surface area contributed by atoms with Crippen LogP contribution in [0, 0.1) is 18.8 Å².